The number of nitrogens with zero attached hydrogens (tertiary/aromatic N) is 2. The molecule has 1 aliphatic heterocycles. The SMILES string of the molecule is CC[C@H](Sc1cc(C)c2cc(S(=O)(=O)N3CCCC3)ccc2n1)C(=O)Nc1cccc(OC)c1. The summed E-state index contributed by atoms with van der Waals surface area (Å²) >= 11 is 1.40. The Bertz CT molecular complexity index is 1300. The number of rotatable bonds is 8. The number of pyridine rings is 1. The topological polar surface area (TPSA) is 88.6 Å². The summed E-state index contributed by atoms with van der Waals surface area (Å²) in [6.07, 6.45) is 2.43. The van der Waals surface area contributed by atoms with Crippen LogP contribution in [0.3, 0.4) is 0 Å². The predicted octanol–water partition coefficient (Wildman–Crippen LogP) is 4.85. The molecule has 2 heterocycles. The van der Waals surface area contributed by atoms with E-state index in [1.165, 1.54) is 11.8 Å². The van der Waals surface area contributed by atoms with Gasteiger partial charge in [0.2, 0.25) is 15.9 Å². The van der Waals surface area contributed by atoms with Crippen molar-refractivity contribution in [3.63, 3.8) is 0 Å². The Labute approximate surface area is 205 Å². The molecule has 1 atom stereocenters. The second kappa shape index (κ2) is 10.3. The van der Waals surface area contributed by atoms with Crippen LogP contribution in [0, 0.1) is 6.92 Å². The van der Waals surface area contributed by atoms with Crippen molar-refractivity contribution < 1.29 is 17.9 Å². The molecule has 1 aliphatic rings. The van der Waals surface area contributed by atoms with E-state index in [1.807, 2.05) is 38.1 Å². The van der Waals surface area contributed by atoms with Crippen LogP contribution >= 0.6 is 11.8 Å². The summed E-state index contributed by atoms with van der Waals surface area (Å²) in [4.78, 5) is 17.9. The molecule has 34 heavy (non-hydrogen) atoms. The van der Waals surface area contributed by atoms with Gasteiger partial charge in [-0.25, -0.2) is 13.4 Å². The molecule has 0 radical (unpaired) electrons. The molecular weight excluding hydrogens is 470 g/mol. The van der Waals surface area contributed by atoms with Gasteiger partial charge in [-0.1, -0.05) is 24.8 Å². The lowest BCUT2D eigenvalue weighted by molar-refractivity contribution is -0.115. The van der Waals surface area contributed by atoms with E-state index in [4.69, 9.17) is 9.72 Å². The van der Waals surface area contributed by atoms with E-state index in [2.05, 4.69) is 5.32 Å². The second-order valence-corrected chi connectivity index (χ2v) is 11.5. The highest BCUT2D eigenvalue weighted by atomic mass is 32.2. The fourth-order valence-corrected chi connectivity index (χ4v) is 6.60. The van der Waals surface area contributed by atoms with Gasteiger partial charge in [-0.3, -0.25) is 4.79 Å². The Balaban J connectivity index is 1.54. The lowest BCUT2D eigenvalue weighted by Gasteiger charge is -2.17. The number of benzene rings is 2. The number of methoxy groups -OCH3 is 1. The van der Waals surface area contributed by atoms with E-state index in [0.717, 1.165) is 28.8 Å². The number of sulfonamides is 1. The quantitative estimate of drug-likeness (QED) is 0.446. The molecule has 0 aliphatic carbocycles. The van der Waals surface area contributed by atoms with Gasteiger partial charge in [0.15, 0.2) is 0 Å². The molecule has 0 spiro atoms. The van der Waals surface area contributed by atoms with Gasteiger partial charge in [0, 0.05) is 30.2 Å². The van der Waals surface area contributed by atoms with Crippen LogP contribution in [0.5, 0.6) is 5.75 Å². The van der Waals surface area contributed by atoms with E-state index in [1.54, 1.807) is 35.7 Å². The lowest BCUT2D eigenvalue weighted by Crippen LogP contribution is -2.27. The van der Waals surface area contributed by atoms with Crippen molar-refractivity contribution in [2.75, 3.05) is 25.5 Å². The fourth-order valence-electron chi connectivity index (χ4n) is 4.03. The molecular formula is C25H29N3O4S2. The number of aromatic nitrogens is 1. The summed E-state index contributed by atoms with van der Waals surface area (Å²) in [6, 6.07) is 14.3. The van der Waals surface area contributed by atoms with Gasteiger partial charge in [0.05, 0.1) is 27.8 Å². The smallest absolute Gasteiger partial charge is 0.243 e. The number of hydrogen-bond donors (Lipinski definition) is 1. The lowest BCUT2D eigenvalue weighted by atomic mass is 10.1. The van der Waals surface area contributed by atoms with Crippen LogP contribution in [0.4, 0.5) is 5.69 Å². The maximum Gasteiger partial charge on any atom is 0.243 e. The first kappa shape index (κ1) is 24.5. The first-order valence-corrected chi connectivity index (χ1v) is 13.7. The molecule has 1 aromatic heterocycles. The Morgan fingerprint density at radius 2 is 1.94 bits per heavy atom. The molecule has 1 N–H and O–H groups in total. The van der Waals surface area contributed by atoms with Crippen LogP contribution in [0.1, 0.15) is 31.7 Å². The summed E-state index contributed by atoms with van der Waals surface area (Å²) in [7, 11) is -1.90. The van der Waals surface area contributed by atoms with Gasteiger partial charge in [0.1, 0.15) is 5.75 Å². The number of nitrogens with one attached hydrogen (secondary N) is 1. The highest BCUT2D eigenvalue weighted by molar-refractivity contribution is 8.00. The predicted molar refractivity (Wildman–Crippen MR) is 136 cm³/mol. The number of thioether (sulfide) groups is 1. The van der Waals surface area contributed by atoms with Crippen molar-refractivity contribution in [1.82, 2.24) is 9.29 Å². The van der Waals surface area contributed by atoms with E-state index in [0.29, 0.717) is 41.4 Å². The minimum Gasteiger partial charge on any atom is -0.497 e. The van der Waals surface area contributed by atoms with Crippen LogP contribution in [0.15, 0.2) is 58.5 Å². The van der Waals surface area contributed by atoms with Crippen molar-refractivity contribution in [1.29, 1.82) is 0 Å². The minimum atomic E-state index is -3.49. The van der Waals surface area contributed by atoms with Gasteiger partial charge < -0.3 is 10.1 Å². The summed E-state index contributed by atoms with van der Waals surface area (Å²) < 4.78 is 32.7. The molecule has 0 unspecified atom stereocenters. The summed E-state index contributed by atoms with van der Waals surface area (Å²) in [5.74, 6) is 0.573. The molecule has 1 fully saturated rings. The normalized spacial score (nSPS) is 15.4. The van der Waals surface area contributed by atoms with Crippen molar-refractivity contribution in [2.24, 2.45) is 0 Å². The van der Waals surface area contributed by atoms with Crippen LogP contribution < -0.4 is 10.1 Å². The first-order valence-electron chi connectivity index (χ1n) is 11.3. The zero-order valence-electron chi connectivity index (χ0n) is 19.6. The second-order valence-electron chi connectivity index (χ2n) is 8.30. The zero-order chi connectivity index (χ0) is 24.3. The highest BCUT2D eigenvalue weighted by Crippen LogP contribution is 2.31. The molecule has 180 valence electrons. The van der Waals surface area contributed by atoms with Crippen molar-refractivity contribution in [2.45, 2.75) is 48.3 Å². The minimum absolute atomic E-state index is 0.104. The average molecular weight is 500 g/mol. The number of fused-ring (bicyclic) bond motifs is 1. The maximum atomic E-state index is 13.0. The van der Waals surface area contributed by atoms with E-state index in [-0.39, 0.29) is 11.2 Å². The van der Waals surface area contributed by atoms with Crippen LogP contribution in [-0.4, -0.2) is 49.1 Å². The van der Waals surface area contributed by atoms with Crippen LogP contribution in [-0.2, 0) is 14.8 Å². The molecule has 2 aromatic carbocycles. The van der Waals surface area contributed by atoms with Crippen LogP contribution in [0.25, 0.3) is 10.9 Å². The zero-order valence-corrected chi connectivity index (χ0v) is 21.2. The van der Waals surface area contributed by atoms with Crippen molar-refractivity contribution in [3.8, 4) is 5.75 Å². The van der Waals surface area contributed by atoms with E-state index >= 15 is 0 Å². The number of amides is 1. The first-order chi connectivity index (χ1) is 16.3. The molecule has 1 saturated heterocycles. The monoisotopic (exact) mass is 499 g/mol. The van der Waals surface area contributed by atoms with Gasteiger partial charge in [0.25, 0.3) is 0 Å². The maximum absolute atomic E-state index is 13.0. The summed E-state index contributed by atoms with van der Waals surface area (Å²) in [6.45, 7) is 5.05. The largest absolute Gasteiger partial charge is 0.497 e. The Kier molecular flexibility index (Phi) is 7.45. The van der Waals surface area contributed by atoms with Crippen molar-refractivity contribution in [3.05, 3.63) is 54.1 Å². The molecule has 0 saturated carbocycles. The molecule has 7 nitrogen and oxygen atoms in total. The van der Waals surface area contributed by atoms with Gasteiger partial charge in [-0.05, 0) is 68.1 Å². The standard InChI is InChI=1S/C25H29N3O4S2/c1-4-23(25(29)26-18-8-7-9-19(15-18)32-3)33-24-14-17(2)21-16-20(10-11-22(21)27-24)34(30,31)28-12-5-6-13-28/h7-11,14-16,23H,4-6,12-13H2,1-3H3,(H,26,29)/t23-/m0/s1. The fraction of sp³-hybridized carbons (Fsp3) is 0.360. The third-order valence-corrected chi connectivity index (χ3v) is 9.11. The number of aryl methyl sites for hydroxylation is 1. The molecule has 3 aromatic rings. The van der Waals surface area contributed by atoms with Crippen LogP contribution in [0.2, 0.25) is 0 Å². The van der Waals surface area contributed by atoms with E-state index < -0.39 is 10.0 Å². The number of hydrogen-bond acceptors (Lipinski definition) is 6. The average Bonchev–Trinajstić information content (AvgIpc) is 3.38. The third-order valence-electron chi connectivity index (χ3n) is 5.93. The van der Waals surface area contributed by atoms with Crippen molar-refractivity contribution >= 4 is 44.3 Å². The Hall–Kier alpha value is -2.62. The number of carbonyl (C=O) groups is 1. The van der Waals surface area contributed by atoms with E-state index in [9.17, 15) is 13.2 Å². The molecule has 1 amide bonds. The van der Waals surface area contributed by atoms with Gasteiger partial charge >= 0.3 is 0 Å². The summed E-state index contributed by atoms with van der Waals surface area (Å²) in [5, 5.41) is 4.16. The molecule has 0 bridgehead atoms. The third kappa shape index (κ3) is 5.21. The Morgan fingerprint density at radius 1 is 1.18 bits per heavy atom. The van der Waals surface area contributed by atoms with Gasteiger partial charge in [-0.15, -0.1) is 0 Å². The molecule has 9 heteroatoms. The number of carbonyl (C=O) groups excluding carboxylic acids is 1. The molecule has 4 rings (SSSR count). The summed E-state index contributed by atoms with van der Waals surface area (Å²) in [5.41, 5.74) is 2.32. The number of anilines is 1. The van der Waals surface area contributed by atoms with Gasteiger partial charge in [-0.2, -0.15) is 4.31 Å². The highest BCUT2D eigenvalue weighted by Gasteiger charge is 2.27. The number of ether oxygens (including phenoxy) is 1. The Morgan fingerprint density at radius 3 is 2.65 bits per heavy atom.